The average Bonchev–Trinajstić information content (AvgIpc) is 2.73. The van der Waals surface area contributed by atoms with Gasteiger partial charge < -0.3 is 4.90 Å². The van der Waals surface area contributed by atoms with Gasteiger partial charge in [-0.15, -0.1) is 11.3 Å². The Balaban J connectivity index is 2.70. The molecule has 1 aromatic rings. The second-order valence-electron chi connectivity index (χ2n) is 3.92. The molecule has 0 saturated carbocycles. The molecule has 0 fully saturated rings. The summed E-state index contributed by atoms with van der Waals surface area (Å²) in [6.07, 6.45) is 0. The van der Waals surface area contributed by atoms with Crippen molar-refractivity contribution >= 4 is 45.4 Å². The monoisotopic (exact) mass is 307 g/mol. The molecule has 100 valence electrons. The van der Waals surface area contributed by atoms with Crippen molar-refractivity contribution in [2.45, 2.75) is 12.2 Å². The Kier molecular flexibility index (Phi) is 5.49. The van der Waals surface area contributed by atoms with E-state index in [1.54, 1.807) is 33.2 Å². The third-order valence-electron chi connectivity index (χ3n) is 2.34. The predicted molar refractivity (Wildman–Crippen MR) is 74.8 cm³/mol. The zero-order valence-corrected chi connectivity index (χ0v) is 12.7. The van der Waals surface area contributed by atoms with Crippen LogP contribution in [0.1, 0.15) is 16.6 Å². The molecular formula is C11H14ClNO3S2. The van der Waals surface area contributed by atoms with E-state index in [-0.39, 0.29) is 17.4 Å². The molecule has 0 saturated heterocycles. The number of carbonyl (C=O) groups excluding carboxylic acids is 2. The van der Waals surface area contributed by atoms with Crippen LogP contribution in [-0.2, 0) is 15.6 Å². The Labute approximate surface area is 117 Å². The standard InChI is InChI=1S/C11H14ClNO3S2/c1-7(18(16)6-10(14)13(2)3)11(15)8-4-5-9(12)17-8/h4-5,7H,6H2,1-3H3. The second kappa shape index (κ2) is 6.45. The minimum Gasteiger partial charge on any atom is -0.348 e. The van der Waals surface area contributed by atoms with E-state index in [2.05, 4.69) is 0 Å². The van der Waals surface area contributed by atoms with Crippen LogP contribution in [0.25, 0.3) is 0 Å². The highest BCUT2D eigenvalue weighted by Crippen LogP contribution is 2.23. The van der Waals surface area contributed by atoms with Crippen LogP contribution in [0.5, 0.6) is 0 Å². The summed E-state index contributed by atoms with van der Waals surface area (Å²) < 4.78 is 12.4. The number of hydrogen-bond donors (Lipinski definition) is 0. The predicted octanol–water partition coefficient (Wildman–Crippen LogP) is 1.81. The van der Waals surface area contributed by atoms with Gasteiger partial charge in [-0.3, -0.25) is 13.8 Å². The molecule has 0 aliphatic rings. The number of carbonyl (C=O) groups is 2. The van der Waals surface area contributed by atoms with Crippen LogP contribution >= 0.6 is 22.9 Å². The fourth-order valence-electron chi connectivity index (χ4n) is 1.14. The Morgan fingerprint density at radius 2 is 2.06 bits per heavy atom. The molecule has 1 aromatic heterocycles. The fourth-order valence-corrected chi connectivity index (χ4v) is 3.41. The maximum atomic E-state index is 12.0. The number of hydrogen-bond acceptors (Lipinski definition) is 4. The highest BCUT2D eigenvalue weighted by atomic mass is 35.5. The third-order valence-corrected chi connectivity index (χ3v) is 5.12. The van der Waals surface area contributed by atoms with E-state index in [0.717, 1.165) is 11.3 Å². The van der Waals surface area contributed by atoms with Crippen molar-refractivity contribution in [3.63, 3.8) is 0 Å². The quantitative estimate of drug-likeness (QED) is 0.780. The summed E-state index contributed by atoms with van der Waals surface area (Å²) in [4.78, 5) is 25.2. The van der Waals surface area contributed by atoms with Crippen LogP contribution in [0.2, 0.25) is 4.34 Å². The van der Waals surface area contributed by atoms with Gasteiger partial charge >= 0.3 is 0 Å². The number of halogens is 1. The zero-order valence-electron chi connectivity index (χ0n) is 10.3. The normalized spacial score (nSPS) is 14.0. The summed E-state index contributed by atoms with van der Waals surface area (Å²) in [6, 6.07) is 3.23. The number of rotatable bonds is 5. The molecule has 18 heavy (non-hydrogen) atoms. The lowest BCUT2D eigenvalue weighted by Gasteiger charge is -2.12. The van der Waals surface area contributed by atoms with Crippen molar-refractivity contribution in [3.05, 3.63) is 21.3 Å². The SMILES string of the molecule is CC(C(=O)c1ccc(Cl)s1)S(=O)CC(=O)N(C)C. The smallest absolute Gasteiger partial charge is 0.234 e. The second-order valence-corrected chi connectivity index (χ2v) is 7.40. The Hall–Kier alpha value is -0.720. The van der Waals surface area contributed by atoms with Crippen LogP contribution in [0, 0.1) is 0 Å². The maximum Gasteiger partial charge on any atom is 0.234 e. The van der Waals surface area contributed by atoms with Gasteiger partial charge in [0.05, 0.1) is 14.5 Å². The lowest BCUT2D eigenvalue weighted by molar-refractivity contribution is -0.125. The first-order valence-corrected chi connectivity index (χ1v) is 7.77. The van der Waals surface area contributed by atoms with Gasteiger partial charge in [0.2, 0.25) is 5.91 Å². The number of ketones is 1. The van der Waals surface area contributed by atoms with E-state index in [0.29, 0.717) is 9.21 Å². The van der Waals surface area contributed by atoms with Crippen molar-refractivity contribution in [2.75, 3.05) is 19.8 Å². The molecule has 0 radical (unpaired) electrons. The molecule has 4 nitrogen and oxygen atoms in total. The van der Waals surface area contributed by atoms with Crippen LogP contribution in [0.4, 0.5) is 0 Å². The summed E-state index contributed by atoms with van der Waals surface area (Å²) in [5.41, 5.74) is 0. The Morgan fingerprint density at radius 3 is 2.50 bits per heavy atom. The van der Waals surface area contributed by atoms with Gasteiger partial charge in [0.1, 0.15) is 5.75 Å². The highest BCUT2D eigenvalue weighted by Gasteiger charge is 2.24. The third kappa shape index (κ3) is 3.90. The minimum absolute atomic E-state index is 0.140. The van der Waals surface area contributed by atoms with Crippen molar-refractivity contribution in [3.8, 4) is 0 Å². The Bertz CT molecular complexity index is 484. The molecule has 0 bridgehead atoms. The lowest BCUT2D eigenvalue weighted by atomic mass is 10.2. The fraction of sp³-hybridized carbons (Fsp3) is 0.455. The van der Waals surface area contributed by atoms with Crippen molar-refractivity contribution in [1.82, 2.24) is 4.90 Å². The lowest BCUT2D eigenvalue weighted by Crippen LogP contribution is -2.32. The van der Waals surface area contributed by atoms with Crippen LogP contribution in [0.15, 0.2) is 12.1 Å². The molecule has 0 N–H and O–H groups in total. The molecule has 0 aliphatic heterocycles. The largest absolute Gasteiger partial charge is 0.348 e. The molecule has 1 rings (SSSR count). The summed E-state index contributed by atoms with van der Waals surface area (Å²) >= 11 is 6.90. The van der Waals surface area contributed by atoms with Gasteiger partial charge in [-0.2, -0.15) is 0 Å². The highest BCUT2D eigenvalue weighted by molar-refractivity contribution is 7.87. The van der Waals surface area contributed by atoms with Gasteiger partial charge in [0.25, 0.3) is 0 Å². The van der Waals surface area contributed by atoms with E-state index in [1.165, 1.54) is 4.90 Å². The topological polar surface area (TPSA) is 54.5 Å². The first-order chi connectivity index (χ1) is 8.32. The molecule has 2 atom stereocenters. The van der Waals surface area contributed by atoms with Crippen LogP contribution < -0.4 is 0 Å². The molecule has 0 aromatic carbocycles. The zero-order chi connectivity index (χ0) is 13.9. The first-order valence-electron chi connectivity index (χ1n) is 5.19. The minimum atomic E-state index is -1.51. The number of nitrogens with zero attached hydrogens (tertiary/aromatic N) is 1. The summed E-state index contributed by atoms with van der Waals surface area (Å²) in [5, 5.41) is -0.705. The van der Waals surface area contributed by atoms with E-state index < -0.39 is 16.0 Å². The van der Waals surface area contributed by atoms with E-state index in [9.17, 15) is 13.8 Å². The molecule has 2 unspecified atom stereocenters. The van der Waals surface area contributed by atoms with Crippen molar-refractivity contribution in [1.29, 1.82) is 0 Å². The number of thiophene rings is 1. The van der Waals surface area contributed by atoms with Crippen LogP contribution in [0.3, 0.4) is 0 Å². The van der Waals surface area contributed by atoms with Crippen LogP contribution in [-0.4, -0.2) is 45.9 Å². The molecule has 7 heteroatoms. The van der Waals surface area contributed by atoms with Crippen molar-refractivity contribution < 1.29 is 13.8 Å². The van der Waals surface area contributed by atoms with Gasteiger partial charge in [0, 0.05) is 24.9 Å². The van der Waals surface area contributed by atoms with E-state index in [4.69, 9.17) is 11.6 Å². The average molecular weight is 308 g/mol. The number of Topliss-reactive ketones (excluding diaryl/α,β-unsaturated/α-hetero) is 1. The first kappa shape index (κ1) is 15.3. The summed E-state index contributed by atoms with van der Waals surface area (Å²) in [5.74, 6) is -0.632. The van der Waals surface area contributed by atoms with Gasteiger partial charge in [-0.25, -0.2) is 0 Å². The number of amides is 1. The van der Waals surface area contributed by atoms with Crippen molar-refractivity contribution in [2.24, 2.45) is 0 Å². The molecular weight excluding hydrogens is 294 g/mol. The van der Waals surface area contributed by atoms with E-state index in [1.807, 2.05) is 0 Å². The molecule has 1 amide bonds. The molecule has 0 spiro atoms. The summed E-state index contributed by atoms with van der Waals surface area (Å²) in [7, 11) is 1.66. The molecule has 0 aliphatic carbocycles. The summed E-state index contributed by atoms with van der Waals surface area (Å²) in [6.45, 7) is 1.56. The van der Waals surface area contributed by atoms with Gasteiger partial charge in [0.15, 0.2) is 5.78 Å². The van der Waals surface area contributed by atoms with E-state index >= 15 is 0 Å². The van der Waals surface area contributed by atoms with Gasteiger partial charge in [-0.05, 0) is 19.1 Å². The molecule has 1 heterocycles. The Morgan fingerprint density at radius 1 is 1.44 bits per heavy atom. The maximum absolute atomic E-state index is 12.0. The van der Waals surface area contributed by atoms with Gasteiger partial charge in [-0.1, -0.05) is 11.6 Å².